The number of anilines is 1. The van der Waals surface area contributed by atoms with Gasteiger partial charge in [-0.25, -0.2) is 8.42 Å². The summed E-state index contributed by atoms with van der Waals surface area (Å²) < 4.78 is 23.1. The molecular formula is C19H22N2O4S. The number of rotatable bonds is 7. The summed E-state index contributed by atoms with van der Waals surface area (Å²) in [5.41, 5.74) is 1.86. The van der Waals surface area contributed by atoms with E-state index in [4.69, 9.17) is 0 Å². The Kier molecular flexibility index (Phi) is 6.52. The van der Waals surface area contributed by atoms with Crippen LogP contribution >= 0.6 is 0 Å². The predicted octanol–water partition coefficient (Wildman–Crippen LogP) is 2.76. The van der Waals surface area contributed by atoms with Gasteiger partial charge < -0.3 is 10.6 Å². The first-order valence-corrected chi connectivity index (χ1v) is 10.2. The van der Waals surface area contributed by atoms with E-state index in [0.29, 0.717) is 18.7 Å². The second-order valence-electron chi connectivity index (χ2n) is 5.98. The molecule has 6 nitrogen and oxygen atoms in total. The second-order valence-corrected chi connectivity index (χ2v) is 7.99. The maximum atomic E-state index is 12.2. The number of benzene rings is 2. The topological polar surface area (TPSA) is 92.3 Å². The maximum absolute atomic E-state index is 12.2. The van der Waals surface area contributed by atoms with E-state index in [1.807, 2.05) is 19.1 Å². The van der Waals surface area contributed by atoms with Crippen LogP contribution in [-0.2, 0) is 21.2 Å². The first-order valence-electron chi connectivity index (χ1n) is 8.26. The summed E-state index contributed by atoms with van der Waals surface area (Å²) in [6.45, 7) is 2.24. The lowest BCUT2D eigenvalue weighted by molar-refractivity contribution is -0.116. The van der Waals surface area contributed by atoms with E-state index in [9.17, 15) is 18.0 Å². The molecule has 26 heavy (non-hydrogen) atoms. The van der Waals surface area contributed by atoms with Gasteiger partial charge >= 0.3 is 0 Å². The zero-order chi connectivity index (χ0) is 19.2. The Morgan fingerprint density at radius 3 is 2.35 bits per heavy atom. The van der Waals surface area contributed by atoms with Gasteiger partial charge in [-0.15, -0.1) is 0 Å². The molecule has 0 bridgehead atoms. The molecule has 2 aromatic carbocycles. The quantitative estimate of drug-likeness (QED) is 0.779. The summed E-state index contributed by atoms with van der Waals surface area (Å²) in [5.74, 6) is -0.380. The Bertz CT molecular complexity index is 890. The number of sulfone groups is 1. The van der Waals surface area contributed by atoms with Crippen molar-refractivity contribution in [2.45, 2.75) is 31.2 Å². The minimum Gasteiger partial charge on any atom is -0.348 e. The molecule has 0 spiro atoms. The summed E-state index contributed by atoms with van der Waals surface area (Å²) in [4.78, 5) is 23.9. The van der Waals surface area contributed by atoms with Crippen LogP contribution in [0.4, 0.5) is 5.69 Å². The van der Waals surface area contributed by atoms with E-state index < -0.39 is 9.84 Å². The van der Waals surface area contributed by atoms with Gasteiger partial charge in [0.15, 0.2) is 9.84 Å². The fourth-order valence-electron chi connectivity index (χ4n) is 2.31. The van der Waals surface area contributed by atoms with E-state index in [-0.39, 0.29) is 22.3 Å². The van der Waals surface area contributed by atoms with E-state index in [0.717, 1.165) is 18.2 Å². The highest BCUT2D eigenvalue weighted by atomic mass is 32.2. The molecule has 0 radical (unpaired) electrons. The van der Waals surface area contributed by atoms with Crippen molar-refractivity contribution in [3.05, 3.63) is 59.7 Å². The van der Waals surface area contributed by atoms with Crippen LogP contribution in [-0.4, -0.2) is 26.5 Å². The Morgan fingerprint density at radius 2 is 1.73 bits per heavy atom. The number of carbonyl (C=O) groups is 2. The molecule has 0 heterocycles. The van der Waals surface area contributed by atoms with Crippen molar-refractivity contribution in [3.63, 3.8) is 0 Å². The van der Waals surface area contributed by atoms with Crippen LogP contribution in [0.15, 0.2) is 53.4 Å². The maximum Gasteiger partial charge on any atom is 0.251 e. The van der Waals surface area contributed by atoms with E-state index >= 15 is 0 Å². The van der Waals surface area contributed by atoms with Crippen molar-refractivity contribution in [2.75, 3.05) is 11.6 Å². The van der Waals surface area contributed by atoms with Gasteiger partial charge in [0, 0.05) is 30.5 Å². The molecule has 2 aromatic rings. The number of carbonyl (C=O) groups excluding carboxylic acids is 2. The first-order chi connectivity index (χ1) is 12.3. The minimum absolute atomic E-state index is 0.0284. The minimum atomic E-state index is -3.36. The molecule has 2 rings (SSSR count). The third-order valence-electron chi connectivity index (χ3n) is 3.69. The molecule has 0 fully saturated rings. The SMILES string of the molecule is CCCC(=O)Nc1ccc(CNC(=O)c2cccc(S(C)(=O)=O)c2)cc1. The van der Waals surface area contributed by atoms with Gasteiger partial charge in [-0.05, 0) is 42.3 Å². The molecule has 138 valence electrons. The molecule has 0 atom stereocenters. The number of hydrogen-bond acceptors (Lipinski definition) is 4. The molecule has 2 amide bonds. The molecule has 0 saturated heterocycles. The lowest BCUT2D eigenvalue weighted by atomic mass is 10.1. The molecule has 0 unspecified atom stereocenters. The highest BCUT2D eigenvalue weighted by Crippen LogP contribution is 2.13. The smallest absolute Gasteiger partial charge is 0.251 e. The van der Waals surface area contributed by atoms with Crippen molar-refractivity contribution in [2.24, 2.45) is 0 Å². The standard InChI is InChI=1S/C19H22N2O4S/c1-3-5-18(22)21-16-10-8-14(9-11-16)13-20-19(23)15-6-4-7-17(12-15)26(2,24)25/h4,6-12H,3,5,13H2,1-2H3,(H,20,23)(H,21,22). The largest absolute Gasteiger partial charge is 0.348 e. The van der Waals surface area contributed by atoms with E-state index in [2.05, 4.69) is 10.6 Å². The average molecular weight is 374 g/mol. The molecule has 2 N–H and O–H groups in total. The van der Waals surface area contributed by atoms with Gasteiger partial charge in [-0.3, -0.25) is 9.59 Å². The van der Waals surface area contributed by atoms with Crippen LogP contribution in [0.5, 0.6) is 0 Å². The summed E-state index contributed by atoms with van der Waals surface area (Å²) in [6.07, 6.45) is 2.37. The highest BCUT2D eigenvalue weighted by molar-refractivity contribution is 7.90. The summed E-state index contributed by atoms with van der Waals surface area (Å²) in [5, 5.41) is 5.55. The number of amides is 2. The van der Waals surface area contributed by atoms with Gasteiger partial charge in [0.25, 0.3) is 5.91 Å². The summed E-state index contributed by atoms with van der Waals surface area (Å²) in [7, 11) is -3.36. The van der Waals surface area contributed by atoms with Crippen molar-refractivity contribution in [1.29, 1.82) is 0 Å². The Labute approximate surface area is 153 Å². The van der Waals surface area contributed by atoms with E-state index in [1.165, 1.54) is 12.1 Å². The van der Waals surface area contributed by atoms with Crippen molar-refractivity contribution in [3.8, 4) is 0 Å². The zero-order valence-corrected chi connectivity index (χ0v) is 15.6. The van der Waals surface area contributed by atoms with Crippen LogP contribution in [0, 0.1) is 0 Å². The van der Waals surface area contributed by atoms with Gasteiger partial charge in [0.05, 0.1) is 4.90 Å². The zero-order valence-electron chi connectivity index (χ0n) is 14.8. The fourth-order valence-corrected chi connectivity index (χ4v) is 2.98. The van der Waals surface area contributed by atoms with Gasteiger partial charge in [0.1, 0.15) is 0 Å². The summed E-state index contributed by atoms with van der Waals surface area (Å²) in [6, 6.07) is 13.1. The average Bonchev–Trinajstić information content (AvgIpc) is 2.60. The highest BCUT2D eigenvalue weighted by Gasteiger charge is 2.11. The lowest BCUT2D eigenvalue weighted by Crippen LogP contribution is -2.23. The van der Waals surface area contributed by atoms with Crippen molar-refractivity contribution < 1.29 is 18.0 Å². The monoisotopic (exact) mass is 374 g/mol. The van der Waals surface area contributed by atoms with Gasteiger partial charge in [-0.2, -0.15) is 0 Å². The third-order valence-corrected chi connectivity index (χ3v) is 4.80. The van der Waals surface area contributed by atoms with Crippen molar-refractivity contribution in [1.82, 2.24) is 5.32 Å². The lowest BCUT2D eigenvalue weighted by Gasteiger charge is -2.08. The van der Waals surface area contributed by atoms with Crippen LogP contribution in [0.1, 0.15) is 35.7 Å². The molecule has 0 aromatic heterocycles. The van der Waals surface area contributed by atoms with Crippen LogP contribution in [0.3, 0.4) is 0 Å². The van der Waals surface area contributed by atoms with Crippen LogP contribution < -0.4 is 10.6 Å². The predicted molar refractivity (Wildman–Crippen MR) is 101 cm³/mol. The number of hydrogen-bond donors (Lipinski definition) is 2. The Morgan fingerprint density at radius 1 is 1.04 bits per heavy atom. The molecule has 7 heteroatoms. The molecular weight excluding hydrogens is 352 g/mol. The fraction of sp³-hybridized carbons (Fsp3) is 0.263. The van der Waals surface area contributed by atoms with Gasteiger partial charge in [0.2, 0.25) is 5.91 Å². The van der Waals surface area contributed by atoms with E-state index in [1.54, 1.807) is 24.3 Å². The Hall–Kier alpha value is -2.67. The molecule has 0 aliphatic carbocycles. The molecule has 0 aliphatic heterocycles. The first kappa shape index (κ1) is 19.7. The molecule has 0 aliphatic rings. The third kappa shape index (κ3) is 5.70. The second kappa shape index (κ2) is 8.62. The van der Waals surface area contributed by atoms with Crippen molar-refractivity contribution >= 4 is 27.3 Å². The summed E-state index contributed by atoms with van der Waals surface area (Å²) >= 11 is 0. The molecule has 0 saturated carbocycles. The van der Waals surface area contributed by atoms with Crippen LogP contribution in [0.25, 0.3) is 0 Å². The van der Waals surface area contributed by atoms with Gasteiger partial charge in [-0.1, -0.05) is 25.1 Å². The normalized spacial score (nSPS) is 11.0. The van der Waals surface area contributed by atoms with Crippen LogP contribution in [0.2, 0.25) is 0 Å². The Balaban J connectivity index is 1.96. The number of nitrogens with one attached hydrogen (secondary N) is 2.